The van der Waals surface area contributed by atoms with Gasteiger partial charge in [0.1, 0.15) is 12.4 Å². The number of aliphatic hydroxyl groups is 1. The molecule has 0 fully saturated rings. The Kier molecular flexibility index (Phi) is 3.13. The number of rotatable bonds is 3. The van der Waals surface area contributed by atoms with Crippen molar-refractivity contribution >= 4 is 21.8 Å². The number of hydrogen-bond acceptors (Lipinski definition) is 2. The third-order valence-corrected chi connectivity index (χ3v) is 4.03. The first-order valence-electron chi connectivity index (χ1n) is 7.38. The van der Waals surface area contributed by atoms with E-state index in [4.69, 9.17) is 0 Å². The third kappa shape index (κ3) is 2.16. The van der Waals surface area contributed by atoms with Crippen LogP contribution in [0.1, 0.15) is 11.4 Å². The van der Waals surface area contributed by atoms with Gasteiger partial charge in [-0.3, -0.25) is 0 Å². The largest absolute Gasteiger partial charge is 0.388 e. The highest BCUT2D eigenvalue weighted by Gasteiger charge is 2.10. The zero-order valence-corrected chi connectivity index (χ0v) is 12.1. The Bertz CT molecular complexity index is 956. The Balaban J connectivity index is 1.81. The Morgan fingerprint density at radius 3 is 2.50 bits per heavy atom. The summed E-state index contributed by atoms with van der Waals surface area (Å²) in [7, 11) is 0. The summed E-state index contributed by atoms with van der Waals surface area (Å²) in [6.07, 6.45) is 0. The van der Waals surface area contributed by atoms with E-state index in [2.05, 4.69) is 52.0 Å². The molecule has 3 aromatic carbocycles. The number of hydrogen-bond donors (Lipinski definition) is 1. The van der Waals surface area contributed by atoms with Crippen LogP contribution in [0.4, 0.5) is 0 Å². The normalized spacial score (nSPS) is 11.3. The van der Waals surface area contributed by atoms with Gasteiger partial charge in [-0.1, -0.05) is 48.5 Å². The van der Waals surface area contributed by atoms with E-state index in [9.17, 15) is 5.11 Å². The minimum absolute atomic E-state index is 0.0533. The minimum Gasteiger partial charge on any atom is -0.388 e. The number of benzene rings is 3. The highest BCUT2D eigenvalue weighted by Crippen LogP contribution is 2.20. The highest BCUT2D eigenvalue weighted by molar-refractivity contribution is 5.83. The van der Waals surface area contributed by atoms with Crippen molar-refractivity contribution in [3.63, 3.8) is 0 Å². The van der Waals surface area contributed by atoms with Crippen LogP contribution in [0.3, 0.4) is 0 Å². The SMILES string of the molecule is OCc1nc2ccccc2n1Cc1ccc2ccccc2c1. The van der Waals surface area contributed by atoms with Gasteiger partial charge in [0.05, 0.1) is 11.0 Å². The van der Waals surface area contributed by atoms with E-state index in [1.54, 1.807) is 0 Å². The Hall–Kier alpha value is -2.65. The topological polar surface area (TPSA) is 38.1 Å². The number of fused-ring (bicyclic) bond motifs is 2. The van der Waals surface area contributed by atoms with Crippen molar-refractivity contribution in [1.29, 1.82) is 0 Å². The number of aromatic nitrogens is 2. The summed E-state index contributed by atoms with van der Waals surface area (Å²) in [6, 6.07) is 22.8. The predicted octanol–water partition coefficient (Wildman–Crippen LogP) is 3.73. The second-order valence-corrected chi connectivity index (χ2v) is 5.44. The van der Waals surface area contributed by atoms with Crippen molar-refractivity contribution < 1.29 is 5.11 Å². The fourth-order valence-electron chi connectivity index (χ4n) is 2.94. The molecule has 0 amide bonds. The van der Waals surface area contributed by atoms with Crippen molar-refractivity contribution in [3.05, 3.63) is 78.1 Å². The van der Waals surface area contributed by atoms with E-state index < -0.39 is 0 Å². The summed E-state index contributed by atoms with van der Waals surface area (Å²) in [4.78, 5) is 4.50. The van der Waals surface area contributed by atoms with Gasteiger partial charge in [0, 0.05) is 6.54 Å². The molecule has 0 unspecified atom stereocenters. The fourth-order valence-corrected chi connectivity index (χ4v) is 2.94. The first-order valence-corrected chi connectivity index (χ1v) is 7.38. The van der Waals surface area contributed by atoms with Crippen LogP contribution < -0.4 is 0 Å². The molecular formula is C19H16N2O. The van der Waals surface area contributed by atoms with Crippen LogP contribution in [0.2, 0.25) is 0 Å². The van der Waals surface area contributed by atoms with Crippen molar-refractivity contribution in [2.75, 3.05) is 0 Å². The Labute approximate surface area is 128 Å². The molecule has 0 aliphatic carbocycles. The molecule has 3 heteroatoms. The molecule has 1 aromatic heterocycles. The summed E-state index contributed by atoms with van der Waals surface area (Å²) >= 11 is 0. The van der Waals surface area contributed by atoms with Crippen LogP contribution in [0.25, 0.3) is 21.8 Å². The molecule has 22 heavy (non-hydrogen) atoms. The van der Waals surface area contributed by atoms with Gasteiger partial charge in [0.15, 0.2) is 0 Å². The van der Waals surface area contributed by atoms with Gasteiger partial charge in [-0.2, -0.15) is 0 Å². The lowest BCUT2D eigenvalue weighted by molar-refractivity contribution is 0.267. The smallest absolute Gasteiger partial charge is 0.136 e. The number of imidazole rings is 1. The average molecular weight is 288 g/mol. The van der Waals surface area contributed by atoms with Crippen LogP contribution in [0.5, 0.6) is 0 Å². The van der Waals surface area contributed by atoms with E-state index in [0.29, 0.717) is 12.4 Å². The van der Waals surface area contributed by atoms with Crippen LogP contribution in [-0.4, -0.2) is 14.7 Å². The summed E-state index contributed by atoms with van der Waals surface area (Å²) in [5.74, 6) is 0.703. The van der Waals surface area contributed by atoms with Gasteiger partial charge in [0.25, 0.3) is 0 Å². The number of aliphatic hydroxyl groups excluding tert-OH is 1. The van der Waals surface area contributed by atoms with Crippen LogP contribution in [0.15, 0.2) is 66.7 Å². The van der Waals surface area contributed by atoms with Crippen LogP contribution in [0, 0.1) is 0 Å². The minimum atomic E-state index is -0.0533. The molecule has 1 N–H and O–H groups in total. The summed E-state index contributed by atoms with van der Waals surface area (Å²) in [5.41, 5.74) is 3.18. The second kappa shape index (κ2) is 5.28. The quantitative estimate of drug-likeness (QED) is 0.624. The standard InChI is InChI=1S/C19H16N2O/c22-13-19-20-17-7-3-4-8-18(17)21(19)12-14-9-10-15-5-1-2-6-16(15)11-14/h1-11,22H,12-13H2. The van der Waals surface area contributed by atoms with Gasteiger partial charge < -0.3 is 9.67 Å². The molecule has 4 aromatic rings. The lowest BCUT2D eigenvalue weighted by Crippen LogP contribution is -2.05. The molecule has 0 spiro atoms. The maximum absolute atomic E-state index is 9.59. The van der Waals surface area contributed by atoms with E-state index in [0.717, 1.165) is 11.0 Å². The van der Waals surface area contributed by atoms with Gasteiger partial charge in [-0.15, -0.1) is 0 Å². The van der Waals surface area contributed by atoms with E-state index >= 15 is 0 Å². The summed E-state index contributed by atoms with van der Waals surface area (Å²) in [6.45, 7) is 0.656. The fraction of sp³-hybridized carbons (Fsp3) is 0.105. The monoisotopic (exact) mass is 288 g/mol. The maximum atomic E-state index is 9.59. The molecule has 4 rings (SSSR count). The second-order valence-electron chi connectivity index (χ2n) is 5.44. The first-order chi connectivity index (χ1) is 10.8. The summed E-state index contributed by atoms with van der Waals surface area (Å²) in [5, 5.41) is 12.1. The molecule has 108 valence electrons. The van der Waals surface area contributed by atoms with Crippen LogP contribution in [-0.2, 0) is 13.2 Å². The molecule has 0 saturated heterocycles. The molecule has 0 radical (unpaired) electrons. The number of para-hydroxylation sites is 2. The number of nitrogens with zero attached hydrogens (tertiary/aromatic N) is 2. The average Bonchev–Trinajstić information content (AvgIpc) is 2.93. The highest BCUT2D eigenvalue weighted by atomic mass is 16.3. The van der Waals surface area contributed by atoms with Gasteiger partial charge in [0.2, 0.25) is 0 Å². The first kappa shape index (κ1) is 13.0. The van der Waals surface area contributed by atoms with Gasteiger partial charge >= 0.3 is 0 Å². The predicted molar refractivity (Wildman–Crippen MR) is 88.7 cm³/mol. The molecule has 0 saturated carbocycles. The van der Waals surface area contributed by atoms with E-state index in [1.807, 2.05) is 24.3 Å². The van der Waals surface area contributed by atoms with Crippen LogP contribution >= 0.6 is 0 Å². The van der Waals surface area contributed by atoms with Crippen molar-refractivity contribution in [2.24, 2.45) is 0 Å². The molecule has 1 heterocycles. The zero-order chi connectivity index (χ0) is 14.9. The molecule has 0 aliphatic rings. The van der Waals surface area contributed by atoms with E-state index in [-0.39, 0.29) is 6.61 Å². The third-order valence-electron chi connectivity index (χ3n) is 4.03. The molecule has 3 nitrogen and oxygen atoms in total. The lowest BCUT2D eigenvalue weighted by Gasteiger charge is -2.09. The van der Waals surface area contributed by atoms with E-state index in [1.165, 1.54) is 16.3 Å². The van der Waals surface area contributed by atoms with Gasteiger partial charge in [-0.05, 0) is 34.5 Å². The van der Waals surface area contributed by atoms with Gasteiger partial charge in [-0.25, -0.2) is 4.98 Å². The Morgan fingerprint density at radius 1 is 0.864 bits per heavy atom. The van der Waals surface area contributed by atoms with Crippen molar-refractivity contribution in [3.8, 4) is 0 Å². The van der Waals surface area contributed by atoms with Crippen molar-refractivity contribution in [1.82, 2.24) is 9.55 Å². The van der Waals surface area contributed by atoms with Crippen molar-refractivity contribution in [2.45, 2.75) is 13.2 Å². The lowest BCUT2D eigenvalue weighted by atomic mass is 10.1. The molecule has 0 aliphatic heterocycles. The molecular weight excluding hydrogens is 272 g/mol. The zero-order valence-electron chi connectivity index (χ0n) is 12.1. The maximum Gasteiger partial charge on any atom is 0.136 e. The molecule has 0 atom stereocenters. The summed E-state index contributed by atoms with van der Waals surface area (Å²) < 4.78 is 2.08. The Morgan fingerprint density at radius 2 is 1.64 bits per heavy atom. The molecule has 0 bridgehead atoms.